The first-order valence-electron chi connectivity index (χ1n) is 2.92. The molecule has 0 aliphatic rings. The fraction of sp³-hybridized carbons (Fsp3) is 0. The Morgan fingerprint density at radius 2 is 1.00 bits per heavy atom. The topological polar surface area (TPSA) is 0 Å². The number of hydrogen-bond acceptors (Lipinski definition) is 0. The van der Waals surface area contributed by atoms with E-state index in [-0.39, 0.29) is 19.5 Å². The van der Waals surface area contributed by atoms with Crippen LogP contribution in [0.2, 0.25) is 0 Å². The third-order valence-electron chi connectivity index (χ3n) is 0.607. The Bertz CT molecular complexity index is 214. The fourth-order valence-electron chi connectivity index (χ4n) is 0.342. The molecule has 0 aliphatic carbocycles. The maximum Gasteiger partial charge on any atom is 2.00 e. The van der Waals surface area contributed by atoms with E-state index in [1.165, 1.54) is 0 Å². The van der Waals surface area contributed by atoms with Gasteiger partial charge in [-0.1, -0.05) is 0 Å². The largest absolute Gasteiger partial charge is 2.00 e. The first kappa shape index (κ1) is 16.3. The van der Waals surface area contributed by atoms with Crippen LogP contribution in [0.1, 0.15) is 0 Å². The second-order valence-corrected chi connectivity index (χ2v) is 3.95. The zero-order chi connectivity index (χ0) is 10.7. The number of benzene rings is 1. The van der Waals surface area contributed by atoms with Gasteiger partial charge in [0.1, 0.15) is 0 Å². The first-order valence-corrected chi connectivity index (χ1v) is 4.95. The number of hydrogen-bond donors (Lipinski definition) is 0. The van der Waals surface area contributed by atoms with E-state index >= 15 is 0 Å². The molecule has 14 heavy (non-hydrogen) atoms. The predicted octanol–water partition coefficient (Wildman–Crippen LogP) is 4.87. The molecule has 1 aromatic rings. The Balaban J connectivity index is 0. The van der Waals surface area contributed by atoms with Crippen molar-refractivity contribution in [3.63, 3.8) is 0 Å². The van der Waals surface area contributed by atoms with Gasteiger partial charge in [-0.05, 0) is 0 Å². The maximum atomic E-state index is 9.87. The summed E-state index contributed by atoms with van der Waals surface area (Å²) in [6, 6.07) is 12.5. The zero-order valence-electron chi connectivity index (χ0n) is 6.46. The summed E-state index contributed by atoms with van der Waals surface area (Å²) < 4.78 is 59.2. The van der Waals surface area contributed by atoms with Crippen LogP contribution >= 0.6 is 7.81 Å². The van der Waals surface area contributed by atoms with Crippen molar-refractivity contribution < 1.29 is 44.7 Å². The predicted molar refractivity (Wildman–Crippen MR) is 38.8 cm³/mol. The molecule has 84 valence electrons. The van der Waals surface area contributed by atoms with E-state index in [0.717, 1.165) is 0 Å². The summed E-state index contributed by atoms with van der Waals surface area (Å²) >= 11 is 0. The van der Waals surface area contributed by atoms with Crippen molar-refractivity contribution in [1.29, 1.82) is 0 Å². The van der Waals surface area contributed by atoms with Gasteiger partial charge in [-0.15, -0.1) is 0 Å². The van der Waals surface area contributed by atoms with Gasteiger partial charge in [-0.3, -0.25) is 0 Å². The van der Waals surface area contributed by atoms with Crippen molar-refractivity contribution in [3.8, 4) is 0 Å². The molecule has 0 radical (unpaired) electrons. The zero-order valence-corrected chi connectivity index (χ0v) is 9.09. The Labute approximate surface area is 89.3 Å². The molecule has 0 bridgehead atoms. The minimum Gasteiger partial charge on any atom is -0.184 e. The molecule has 0 N–H and O–H groups in total. The van der Waals surface area contributed by atoms with Gasteiger partial charge in [0.05, 0.1) is 0 Å². The molecular weight excluding hydrogens is 318 g/mol. The normalized spacial score (nSPS) is 15.0. The molecule has 0 saturated carbocycles. The molecule has 0 saturated heterocycles. The monoisotopic (exact) mass is 324 g/mol. The summed E-state index contributed by atoms with van der Waals surface area (Å²) in [6.45, 7) is 0. The smallest absolute Gasteiger partial charge is 0.184 e. The van der Waals surface area contributed by atoms with Crippen LogP contribution in [0.15, 0.2) is 30.3 Å². The summed E-state index contributed by atoms with van der Waals surface area (Å²) in [6.07, 6.45) is 0. The van der Waals surface area contributed by atoms with Gasteiger partial charge in [0.2, 0.25) is 0 Å². The summed E-state index contributed by atoms with van der Waals surface area (Å²) in [4.78, 5) is 0. The molecule has 0 atom stereocenters. The van der Waals surface area contributed by atoms with E-state index in [4.69, 9.17) is 0 Å². The van der Waals surface area contributed by atoms with Gasteiger partial charge in [0.25, 0.3) is 0 Å². The SMILES string of the molecule is F[P-](F)(F)(F)(F)F.[Ru+2].[c-]1ccccc1. The van der Waals surface area contributed by atoms with E-state index in [1.807, 2.05) is 30.3 Å². The third kappa shape index (κ3) is 40.8. The Morgan fingerprint density at radius 1 is 0.714 bits per heavy atom. The molecule has 0 heterocycles. The molecule has 0 aliphatic heterocycles. The van der Waals surface area contributed by atoms with Crippen molar-refractivity contribution in [2.24, 2.45) is 0 Å². The van der Waals surface area contributed by atoms with Crippen LogP contribution in [0.4, 0.5) is 25.2 Å². The Morgan fingerprint density at radius 3 is 1.07 bits per heavy atom. The minimum absolute atomic E-state index is 0. The summed E-state index contributed by atoms with van der Waals surface area (Å²) in [7, 11) is -10.7. The molecule has 0 amide bonds. The van der Waals surface area contributed by atoms with Gasteiger partial charge < -0.3 is 0 Å². The average Bonchev–Trinajstić information content (AvgIpc) is 1.84. The Hall–Kier alpha value is -0.147. The van der Waals surface area contributed by atoms with Crippen molar-refractivity contribution in [1.82, 2.24) is 0 Å². The molecule has 8 heteroatoms. The van der Waals surface area contributed by atoms with Crippen molar-refractivity contribution in [3.05, 3.63) is 36.4 Å². The number of halogens is 6. The fourth-order valence-corrected chi connectivity index (χ4v) is 0.342. The summed E-state index contributed by atoms with van der Waals surface area (Å²) in [5, 5.41) is 0. The first-order chi connectivity index (χ1) is 5.45. The van der Waals surface area contributed by atoms with E-state index < -0.39 is 7.81 Å². The second kappa shape index (κ2) is 4.15. The van der Waals surface area contributed by atoms with Gasteiger partial charge in [-0.25, -0.2) is 0 Å². The van der Waals surface area contributed by atoms with Crippen LogP contribution in [-0.4, -0.2) is 0 Å². The maximum absolute atomic E-state index is 10.7. The van der Waals surface area contributed by atoms with E-state index in [1.54, 1.807) is 0 Å². The second-order valence-electron chi connectivity index (χ2n) is 2.04. The minimum atomic E-state index is -10.7. The molecule has 1 rings (SSSR count). The van der Waals surface area contributed by atoms with Gasteiger partial charge in [0.15, 0.2) is 0 Å². The molecular formula is C6H5F6PRu. The average molecular weight is 323 g/mol. The summed E-state index contributed by atoms with van der Waals surface area (Å²) in [5.41, 5.74) is 0. The van der Waals surface area contributed by atoms with Gasteiger partial charge in [-0.2, -0.15) is 36.4 Å². The van der Waals surface area contributed by atoms with Crippen LogP contribution in [0.5, 0.6) is 0 Å². The quantitative estimate of drug-likeness (QED) is 0.277. The van der Waals surface area contributed by atoms with Crippen LogP contribution in [0.25, 0.3) is 0 Å². The van der Waals surface area contributed by atoms with Crippen LogP contribution in [-0.2, 0) is 19.5 Å². The molecule has 0 unspecified atom stereocenters. The van der Waals surface area contributed by atoms with Crippen LogP contribution in [0, 0.1) is 6.07 Å². The van der Waals surface area contributed by atoms with Crippen LogP contribution < -0.4 is 0 Å². The van der Waals surface area contributed by atoms with Crippen LogP contribution in [0.3, 0.4) is 0 Å². The molecule has 0 fully saturated rings. The van der Waals surface area contributed by atoms with Gasteiger partial charge >= 0.3 is 52.5 Å². The number of rotatable bonds is 0. The summed E-state index contributed by atoms with van der Waals surface area (Å²) in [5.74, 6) is 0. The van der Waals surface area contributed by atoms with Crippen molar-refractivity contribution >= 4 is 7.81 Å². The molecule has 0 nitrogen and oxygen atoms in total. The van der Waals surface area contributed by atoms with Crippen molar-refractivity contribution in [2.45, 2.75) is 0 Å². The molecule has 0 spiro atoms. The van der Waals surface area contributed by atoms with Gasteiger partial charge in [0, 0.05) is 0 Å². The Kier molecular flexibility index (Phi) is 4.83. The molecule has 0 aromatic heterocycles. The van der Waals surface area contributed by atoms with Crippen molar-refractivity contribution in [2.75, 3.05) is 0 Å². The van der Waals surface area contributed by atoms with E-state index in [2.05, 4.69) is 6.07 Å². The third-order valence-corrected chi connectivity index (χ3v) is 0.607. The molecule has 1 aromatic carbocycles. The van der Waals surface area contributed by atoms with E-state index in [9.17, 15) is 25.2 Å². The van der Waals surface area contributed by atoms with E-state index in [0.29, 0.717) is 0 Å². The standard InChI is InChI=1S/C6H5.F6P.Ru/c1-2-4-6-5-3-1;1-7(2,3,4,5)6;/h1-5H;;/q2*-1;+2.